The van der Waals surface area contributed by atoms with E-state index in [9.17, 15) is 9.18 Å². The van der Waals surface area contributed by atoms with Crippen molar-refractivity contribution in [1.82, 2.24) is 9.55 Å². The summed E-state index contributed by atoms with van der Waals surface area (Å²) in [7, 11) is 0. The van der Waals surface area contributed by atoms with Crippen LogP contribution in [0.2, 0.25) is 0 Å². The van der Waals surface area contributed by atoms with Crippen molar-refractivity contribution >= 4 is 28.7 Å². The highest BCUT2D eigenvalue weighted by Gasteiger charge is 2.34. The number of amides is 1. The number of benzene rings is 3. The van der Waals surface area contributed by atoms with Gasteiger partial charge in [0.1, 0.15) is 11.6 Å². The number of hydrogen-bond acceptors (Lipinski definition) is 2. The smallest absolute Gasteiger partial charge is 0.227 e. The van der Waals surface area contributed by atoms with Crippen LogP contribution >= 0.6 is 0 Å². The first-order chi connectivity index (χ1) is 15.2. The topological polar surface area (TPSA) is 38.1 Å². The van der Waals surface area contributed by atoms with Gasteiger partial charge in [0, 0.05) is 31.1 Å². The number of nitrogens with zero attached hydrogens (tertiary/aromatic N) is 3. The molecule has 4 aromatic rings. The summed E-state index contributed by atoms with van der Waals surface area (Å²) in [5, 5.41) is 0. The Bertz CT molecular complexity index is 1240. The molecule has 1 amide bonds. The SMILES string of the molecule is O=C1CC(c2nc3ccccc3n2CC=Cc2ccccc2)CN1c1ccc(F)cc1. The molecule has 154 valence electrons. The summed E-state index contributed by atoms with van der Waals surface area (Å²) in [5.74, 6) is 0.626. The third kappa shape index (κ3) is 3.87. The second-order valence-electron chi connectivity index (χ2n) is 7.76. The predicted molar refractivity (Wildman–Crippen MR) is 121 cm³/mol. The molecule has 0 radical (unpaired) electrons. The van der Waals surface area contributed by atoms with E-state index in [0.717, 1.165) is 28.1 Å². The number of imidazole rings is 1. The molecule has 1 aliphatic rings. The largest absolute Gasteiger partial charge is 0.324 e. The Labute approximate surface area is 180 Å². The van der Waals surface area contributed by atoms with Crippen molar-refractivity contribution in [3.8, 4) is 0 Å². The maximum absolute atomic E-state index is 13.3. The summed E-state index contributed by atoms with van der Waals surface area (Å²) in [6.07, 6.45) is 4.62. The molecule has 0 N–H and O–H groups in total. The van der Waals surface area contributed by atoms with Crippen molar-refractivity contribution in [3.05, 3.63) is 102 Å². The van der Waals surface area contributed by atoms with Crippen LogP contribution in [-0.2, 0) is 11.3 Å². The van der Waals surface area contributed by atoms with Crippen molar-refractivity contribution in [3.63, 3.8) is 0 Å². The minimum atomic E-state index is -0.307. The average molecular weight is 411 g/mol. The molecule has 1 fully saturated rings. The number of halogens is 1. The molecule has 0 saturated carbocycles. The Morgan fingerprint density at radius 3 is 2.52 bits per heavy atom. The van der Waals surface area contributed by atoms with E-state index in [4.69, 9.17) is 4.98 Å². The zero-order valence-electron chi connectivity index (χ0n) is 17.0. The molecule has 0 aliphatic carbocycles. The van der Waals surface area contributed by atoms with Crippen LogP contribution in [0.3, 0.4) is 0 Å². The van der Waals surface area contributed by atoms with Gasteiger partial charge >= 0.3 is 0 Å². The zero-order valence-corrected chi connectivity index (χ0v) is 17.0. The van der Waals surface area contributed by atoms with E-state index in [1.165, 1.54) is 12.1 Å². The fourth-order valence-electron chi connectivity index (χ4n) is 4.21. The van der Waals surface area contributed by atoms with Gasteiger partial charge in [-0.2, -0.15) is 0 Å². The van der Waals surface area contributed by atoms with Crippen molar-refractivity contribution in [1.29, 1.82) is 0 Å². The van der Waals surface area contributed by atoms with Crippen LogP contribution in [0, 0.1) is 5.82 Å². The van der Waals surface area contributed by atoms with Crippen molar-refractivity contribution in [2.75, 3.05) is 11.4 Å². The first-order valence-electron chi connectivity index (χ1n) is 10.4. The Morgan fingerprint density at radius 1 is 0.968 bits per heavy atom. The lowest BCUT2D eigenvalue weighted by Crippen LogP contribution is -2.24. The maximum Gasteiger partial charge on any atom is 0.227 e. The highest BCUT2D eigenvalue weighted by molar-refractivity contribution is 5.96. The molecule has 5 heteroatoms. The second kappa shape index (κ2) is 8.19. The number of carbonyl (C=O) groups is 1. The normalized spacial score (nSPS) is 16.6. The van der Waals surface area contributed by atoms with Crippen molar-refractivity contribution in [2.24, 2.45) is 0 Å². The molecule has 1 atom stereocenters. The summed E-state index contributed by atoms with van der Waals surface area (Å²) in [6, 6.07) is 24.3. The van der Waals surface area contributed by atoms with Gasteiger partial charge in [-0.05, 0) is 42.0 Å². The number of rotatable bonds is 5. The molecule has 1 aromatic heterocycles. The maximum atomic E-state index is 13.3. The molecule has 1 unspecified atom stereocenters. The predicted octanol–water partition coefficient (Wildman–Crippen LogP) is 5.41. The monoisotopic (exact) mass is 411 g/mol. The fraction of sp³-hybridized carbons (Fsp3) is 0.154. The van der Waals surface area contributed by atoms with Gasteiger partial charge in [0.25, 0.3) is 0 Å². The fourth-order valence-corrected chi connectivity index (χ4v) is 4.21. The number of para-hydroxylation sites is 2. The highest BCUT2D eigenvalue weighted by Crippen LogP contribution is 2.33. The lowest BCUT2D eigenvalue weighted by Gasteiger charge is -2.17. The minimum Gasteiger partial charge on any atom is -0.324 e. The van der Waals surface area contributed by atoms with Crippen molar-refractivity contribution < 1.29 is 9.18 Å². The second-order valence-corrected chi connectivity index (χ2v) is 7.76. The Morgan fingerprint density at radius 2 is 1.71 bits per heavy atom. The Balaban J connectivity index is 1.45. The van der Waals surface area contributed by atoms with Gasteiger partial charge in [0.15, 0.2) is 0 Å². The molecule has 2 heterocycles. The van der Waals surface area contributed by atoms with E-state index in [1.807, 2.05) is 36.4 Å². The molecular weight excluding hydrogens is 389 g/mol. The van der Waals surface area contributed by atoms with E-state index in [2.05, 4.69) is 34.9 Å². The molecular formula is C26H22FN3O. The first kappa shape index (κ1) is 19.2. The van der Waals surface area contributed by atoms with Crippen LogP contribution in [0.25, 0.3) is 17.1 Å². The van der Waals surface area contributed by atoms with Crippen LogP contribution in [-0.4, -0.2) is 22.0 Å². The first-order valence-corrected chi connectivity index (χ1v) is 10.4. The standard InChI is InChI=1S/C26H22FN3O/c27-21-12-14-22(15-13-21)30-18-20(17-25(30)31)26-28-23-10-4-5-11-24(23)29(26)16-6-9-19-7-2-1-3-8-19/h1-15,20H,16-18H2. The number of hydrogen-bond donors (Lipinski definition) is 0. The molecule has 31 heavy (non-hydrogen) atoms. The molecule has 5 rings (SSSR count). The molecule has 3 aromatic carbocycles. The van der Waals surface area contributed by atoms with Crippen LogP contribution in [0.1, 0.15) is 23.7 Å². The lowest BCUT2D eigenvalue weighted by atomic mass is 10.1. The molecule has 1 aliphatic heterocycles. The third-order valence-corrected chi connectivity index (χ3v) is 5.71. The van der Waals surface area contributed by atoms with Gasteiger partial charge in [-0.3, -0.25) is 4.79 Å². The van der Waals surface area contributed by atoms with Gasteiger partial charge in [-0.15, -0.1) is 0 Å². The van der Waals surface area contributed by atoms with Gasteiger partial charge in [-0.1, -0.05) is 54.6 Å². The summed E-state index contributed by atoms with van der Waals surface area (Å²) < 4.78 is 15.5. The zero-order chi connectivity index (χ0) is 21.2. The minimum absolute atomic E-state index is 0.0184. The number of carbonyl (C=O) groups excluding carboxylic acids is 1. The van der Waals surface area contributed by atoms with Crippen LogP contribution in [0.4, 0.5) is 10.1 Å². The summed E-state index contributed by atoms with van der Waals surface area (Å²) >= 11 is 0. The Kier molecular flexibility index (Phi) is 5.08. The number of anilines is 1. The van der Waals surface area contributed by atoms with Gasteiger partial charge in [0.2, 0.25) is 5.91 Å². The van der Waals surface area contributed by atoms with Gasteiger partial charge in [0.05, 0.1) is 11.0 Å². The number of fused-ring (bicyclic) bond motifs is 1. The van der Waals surface area contributed by atoms with Crippen LogP contribution < -0.4 is 4.90 Å². The quantitative estimate of drug-likeness (QED) is 0.440. The van der Waals surface area contributed by atoms with Crippen LogP contribution in [0.5, 0.6) is 0 Å². The van der Waals surface area contributed by atoms with Gasteiger partial charge < -0.3 is 9.47 Å². The summed E-state index contributed by atoms with van der Waals surface area (Å²) in [6.45, 7) is 1.21. The van der Waals surface area contributed by atoms with Gasteiger partial charge in [-0.25, -0.2) is 9.37 Å². The summed E-state index contributed by atoms with van der Waals surface area (Å²) in [5.41, 5.74) is 3.86. The van der Waals surface area contributed by atoms with E-state index < -0.39 is 0 Å². The van der Waals surface area contributed by atoms with E-state index in [0.29, 0.717) is 19.5 Å². The van der Waals surface area contributed by atoms with Crippen molar-refractivity contribution in [2.45, 2.75) is 18.9 Å². The lowest BCUT2D eigenvalue weighted by molar-refractivity contribution is -0.117. The average Bonchev–Trinajstić information content (AvgIpc) is 3.36. The molecule has 0 spiro atoms. The molecule has 4 nitrogen and oxygen atoms in total. The summed E-state index contributed by atoms with van der Waals surface area (Å²) in [4.78, 5) is 19.4. The number of allylic oxidation sites excluding steroid dienone is 1. The van der Waals surface area contributed by atoms with E-state index in [1.54, 1.807) is 17.0 Å². The van der Waals surface area contributed by atoms with Crippen LogP contribution in [0.15, 0.2) is 84.9 Å². The number of aromatic nitrogens is 2. The third-order valence-electron chi connectivity index (χ3n) is 5.71. The van der Waals surface area contributed by atoms with E-state index >= 15 is 0 Å². The van der Waals surface area contributed by atoms with E-state index in [-0.39, 0.29) is 17.6 Å². The Hall–Kier alpha value is -3.73. The molecule has 0 bridgehead atoms. The molecule has 1 saturated heterocycles. The highest BCUT2D eigenvalue weighted by atomic mass is 19.1.